The van der Waals surface area contributed by atoms with E-state index in [-0.39, 0.29) is 0 Å². The van der Waals surface area contributed by atoms with E-state index in [1.807, 2.05) is 13.8 Å². The summed E-state index contributed by atoms with van der Waals surface area (Å²) in [7, 11) is 0. The molecule has 0 bridgehead atoms. The van der Waals surface area contributed by atoms with Crippen LogP contribution >= 0.6 is 0 Å². The summed E-state index contributed by atoms with van der Waals surface area (Å²) in [4.78, 5) is 2.57. The molecule has 0 amide bonds. The van der Waals surface area contributed by atoms with Gasteiger partial charge in [-0.3, -0.25) is 0 Å². The molecule has 0 atom stereocenters. The maximum Gasteiger partial charge on any atom is 0.0518 e. The van der Waals surface area contributed by atoms with E-state index < -0.39 is 0 Å². The van der Waals surface area contributed by atoms with Crippen LogP contribution < -0.4 is 0 Å². The summed E-state index contributed by atoms with van der Waals surface area (Å²) in [5.74, 6) is 0.943. The minimum absolute atomic E-state index is 0.386. The van der Waals surface area contributed by atoms with Crippen LogP contribution in [0.5, 0.6) is 0 Å². The molecule has 1 heterocycles. The van der Waals surface area contributed by atoms with Crippen LogP contribution in [0.3, 0.4) is 0 Å². The van der Waals surface area contributed by atoms with Crippen LogP contribution in [0.1, 0.15) is 53.9 Å². The lowest BCUT2D eigenvalue weighted by Gasteiger charge is -2.30. The summed E-state index contributed by atoms with van der Waals surface area (Å²) in [6.45, 7) is 15.3. The van der Waals surface area contributed by atoms with Crippen LogP contribution in [0.2, 0.25) is 0 Å². The van der Waals surface area contributed by atoms with Crippen molar-refractivity contribution in [1.29, 1.82) is 0 Å². The average Bonchev–Trinajstić information content (AvgIpc) is 2.29. The standard InChI is InChI=1S/C12H25NO.C2H6/c1-11(2)14-10-4-7-13-8-5-12(3)6-9-13;1-2/h11-12H,4-10H2,1-3H3;1-2H3. The number of hydrogen-bond acceptors (Lipinski definition) is 2. The third kappa shape index (κ3) is 8.12. The quantitative estimate of drug-likeness (QED) is 0.668. The first-order valence-electron chi connectivity index (χ1n) is 7.02. The highest BCUT2D eigenvalue weighted by Gasteiger charge is 2.14. The summed E-state index contributed by atoms with van der Waals surface area (Å²) in [6.07, 6.45) is 4.33. The molecule has 2 heteroatoms. The van der Waals surface area contributed by atoms with Gasteiger partial charge in [0, 0.05) is 13.2 Å². The maximum absolute atomic E-state index is 5.53. The Hall–Kier alpha value is -0.0800. The van der Waals surface area contributed by atoms with Gasteiger partial charge in [-0.05, 0) is 52.1 Å². The Bertz CT molecular complexity index is 140. The lowest BCUT2D eigenvalue weighted by molar-refractivity contribution is 0.0676. The first-order chi connectivity index (χ1) is 7.68. The summed E-state index contributed by atoms with van der Waals surface area (Å²) >= 11 is 0. The first-order valence-corrected chi connectivity index (χ1v) is 7.02. The molecule has 1 aliphatic heterocycles. The second-order valence-corrected chi connectivity index (χ2v) is 4.80. The van der Waals surface area contributed by atoms with E-state index in [0.717, 1.165) is 12.5 Å². The van der Waals surface area contributed by atoms with Gasteiger partial charge in [-0.2, -0.15) is 0 Å². The van der Waals surface area contributed by atoms with Crippen molar-refractivity contribution in [2.75, 3.05) is 26.2 Å². The van der Waals surface area contributed by atoms with Crippen LogP contribution in [0.25, 0.3) is 0 Å². The SMILES string of the molecule is CC.CC1CCN(CCCOC(C)C)CC1. The highest BCUT2D eigenvalue weighted by molar-refractivity contribution is 4.68. The van der Waals surface area contributed by atoms with Gasteiger partial charge in [0.2, 0.25) is 0 Å². The largest absolute Gasteiger partial charge is 0.379 e. The second kappa shape index (κ2) is 10.1. The summed E-state index contributed by atoms with van der Waals surface area (Å²) < 4.78 is 5.53. The lowest BCUT2D eigenvalue weighted by Crippen LogP contribution is -2.34. The van der Waals surface area contributed by atoms with Crippen molar-refractivity contribution in [3.63, 3.8) is 0 Å². The van der Waals surface area contributed by atoms with E-state index in [2.05, 4.69) is 25.7 Å². The van der Waals surface area contributed by atoms with Crippen molar-refractivity contribution in [1.82, 2.24) is 4.90 Å². The highest BCUT2D eigenvalue weighted by Crippen LogP contribution is 2.15. The van der Waals surface area contributed by atoms with Crippen molar-refractivity contribution >= 4 is 0 Å². The number of ether oxygens (including phenoxy) is 1. The maximum atomic E-state index is 5.53. The molecule has 0 aliphatic carbocycles. The molecular weight excluding hydrogens is 198 g/mol. The second-order valence-electron chi connectivity index (χ2n) is 4.80. The molecule has 1 fully saturated rings. The van der Waals surface area contributed by atoms with Crippen molar-refractivity contribution in [2.24, 2.45) is 5.92 Å². The zero-order valence-corrected chi connectivity index (χ0v) is 12.0. The van der Waals surface area contributed by atoms with E-state index in [0.29, 0.717) is 6.10 Å². The monoisotopic (exact) mass is 229 g/mol. The predicted molar refractivity (Wildman–Crippen MR) is 71.9 cm³/mol. The van der Waals surface area contributed by atoms with E-state index >= 15 is 0 Å². The van der Waals surface area contributed by atoms with Crippen LogP contribution in [-0.2, 0) is 4.74 Å². The predicted octanol–water partition coefficient (Wildman–Crippen LogP) is 3.56. The van der Waals surface area contributed by atoms with Crippen molar-refractivity contribution in [3.8, 4) is 0 Å². The topological polar surface area (TPSA) is 12.5 Å². The Morgan fingerprint density at radius 3 is 2.25 bits per heavy atom. The van der Waals surface area contributed by atoms with Gasteiger partial charge in [0.1, 0.15) is 0 Å². The van der Waals surface area contributed by atoms with Gasteiger partial charge in [-0.1, -0.05) is 20.8 Å². The Balaban J connectivity index is 0.00000106. The van der Waals surface area contributed by atoms with Crippen molar-refractivity contribution in [2.45, 2.75) is 60.0 Å². The van der Waals surface area contributed by atoms with Crippen molar-refractivity contribution < 1.29 is 4.74 Å². The summed E-state index contributed by atoms with van der Waals surface area (Å²) in [5, 5.41) is 0. The molecule has 1 rings (SSSR count). The van der Waals surface area contributed by atoms with Gasteiger partial charge in [-0.15, -0.1) is 0 Å². The molecule has 1 aliphatic rings. The molecule has 0 N–H and O–H groups in total. The number of rotatable bonds is 5. The van der Waals surface area contributed by atoms with Crippen LogP contribution in [-0.4, -0.2) is 37.2 Å². The zero-order chi connectivity index (χ0) is 12.4. The van der Waals surface area contributed by atoms with Crippen LogP contribution in [0.4, 0.5) is 0 Å². The lowest BCUT2D eigenvalue weighted by atomic mass is 9.99. The molecule has 0 radical (unpaired) electrons. The molecule has 16 heavy (non-hydrogen) atoms. The number of hydrogen-bond donors (Lipinski definition) is 0. The minimum atomic E-state index is 0.386. The van der Waals surface area contributed by atoms with Crippen LogP contribution in [0, 0.1) is 5.92 Å². The Kier molecular flexibility index (Phi) is 10.0. The first kappa shape index (κ1) is 15.9. The van der Waals surface area contributed by atoms with Gasteiger partial charge in [0.05, 0.1) is 6.10 Å². The smallest absolute Gasteiger partial charge is 0.0518 e. The normalized spacial score (nSPS) is 18.4. The number of piperidine rings is 1. The Morgan fingerprint density at radius 1 is 1.19 bits per heavy atom. The van der Waals surface area contributed by atoms with E-state index in [1.54, 1.807) is 0 Å². The average molecular weight is 229 g/mol. The van der Waals surface area contributed by atoms with Crippen molar-refractivity contribution in [3.05, 3.63) is 0 Å². The van der Waals surface area contributed by atoms with Gasteiger partial charge < -0.3 is 9.64 Å². The fraction of sp³-hybridized carbons (Fsp3) is 1.00. The molecular formula is C14H31NO. The summed E-state index contributed by atoms with van der Waals surface area (Å²) in [6, 6.07) is 0. The molecule has 1 saturated heterocycles. The molecule has 0 aromatic rings. The third-order valence-corrected chi connectivity index (χ3v) is 2.95. The zero-order valence-electron chi connectivity index (χ0n) is 12.0. The van der Waals surface area contributed by atoms with Crippen LogP contribution in [0.15, 0.2) is 0 Å². The molecule has 0 unspecified atom stereocenters. The van der Waals surface area contributed by atoms with Gasteiger partial charge >= 0.3 is 0 Å². The highest BCUT2D eigenvalue weighted by atomic mass is 16.5. The van der Waals surface area contributed by atoms with E-state index in [9.17, 15) is 0 Å². The molecule has 98 valence electrons. The summed E-state index contributed by atoms with van der Waals surface area (Å²) in [5.41, 5.74) is 0. The number of likely N-dealkylation sites (tertiary alicyclic amines) is 1. The van der Waals surface area contributed by atoms with E-state index in [4.69, 9.17) is 4.74 Å². The molecule has 0 aromatic carbocycles. The fourth-order valence-electron chi connectivity index (χ4n) is 1.89. The molecule has 0 saturated carbocycles. The Morgan fingerprint density at radius 2 is 1.75 bits per heavy atom. The van der Waals surface area contributed by atoms with Gasteiger partial charge in [-0.25, -0.2) is 0 Å². The van der Waals surface area contributed by atoms with Gasteiger partial charge in [0.25, 0.3) is 0 Å². The molecule has 2 nitrogen and oxygen atoms in total. The minimum Gasteiger partial charge on any atom is -0.379 e. The van der Waals surface area contributed by atoms with E-state index in [1.165, 1.54) is 38.9 Å². The number of nitrogens with zero attached hydrogens (tertiary/aromatic N) is 1. The third-order valence-electron chi connectivity index (χ3n) is 2.95. The fourth-order valence-corrected chi connectivity index (χ4v) is 1.89. The molecule has 0 aromatic heterocycles. The Labute approximate surface area is 102 Å². The van der Waals surface area contributed by atoms with Gasteiger partial charge in [0.15, 0.2) is 0 Å². The molecule has 0 spiro atoms.